The van der Waals surface area contributed by atoms with Crippen molar-refractivity contribution in [2.24, 2.45) is 0 Å². The number of likely N-dealkylation sites (tertiary alicyclic amines) is 1. The van der Waals surface area contributed by atoms with Crippen molar-refractivity contribution in [1.82, 2.24) is 4.90 Å². The normalized spacial score (nSPS) is 16.3. The van der Waals surface area contributed by atoms with E-state index in [2.05, 4.69) is 0 Å². The molecule has 2 aromatic rings. The highest BCUT2D eigenvalue weighted by atomic mass is 16.4. The van der Waals surface area contributed by atoms with Gasteiger partial charge in [0.1, 0.15) is 0 Å². The van der Waals surface area contributed by atoms with E-state index in [9.17, 15) is 4.79 Å². The number of carbonyl (C=O) groups excluding carboxylic acids is 1. The Hall–Kier alpha value is -1.97. The maximum atomic E-state index is 12.3. The van der Waals surface area contributed by atoms with Gasteiger partial charge in [-0.1, -0.05) is 12.8 Å². The summed E-state index contributed by atoms with van der Waals surface area (Å²) >= 11 is 0. The first-order chi connectivity index (χ1) is 9.34. The lowest BCUT2D eigenvalue weighted by molar-refractivity contribution is 0.0730. The molecule has 2 aromatic heterocycles. The first kappa shape index (κ1) is 12.1. The fourth-order valence-electron chi connectivity index (χ4n) is 2.43. The molecule has 4 heteroatoms. The molecule has 4 nitrogen and oxygen atoms in total. The van der Waals surface area contributed by atoms with Gasteiger partial charge in [-0.25, -0.2) is 0 Å². The van der Waals surface area contributed by atoms with E-state index in [0.717, 1.165) is 25.9 Å². The van der Waals surface area contributed by atoms with Crippen LogP contribution in [0.1, 0.15) is 36.2 Å². The molecule has 3 heterocycles. The van der Waals surface area contributed by atoms with Gasteiger partial charge in [0, 0.05) is 13.1 Å². The first-order valence-corrected chi connectivity index (χ1v) is 6.77. The molecule has 0 aliphatic carbocycles. The molecule has 0 radical (unpaired) electrons. The van der Waals surface area contributed by atoms with Crippen LogP contribution in [0.15, 0.2) is 39.4 Å². The molecule has 0 saturated carbocycles. The summed E-state index contributed by atoms with van der Waals surface area (Å²) in [5, 5.41) is 0. The minimum absolute atomic E-state index is 0.0142. The molecule has 0 aromatic carbocycles. The Morgan fingerprint density at radius 3 is 2.47 bits per heavy atom. The number of nitrogens with zero attached hydrogens (tertiary/aromatic N) is 1. The zero-order chi connectivity index (χ0) is 13.1. The molecule has 0 atom stereocenters. The van der Waals surface area contributed by atoms with Gasteiger partial charge in [-0.15, -0.1) is 0 Å². The Morgan fingerprint density at radius 2 is 1.79 bits per heavy atom. The summed E-state index contributed by atoms with van der Waals surface area (Å²) < 4.78 is 10.9. The predicted octanol–water partition coefficient (Wildman–Crippen LogP) is 3.56. The van der Waals surface area contributed by atoms with E-state index in [1.54, 1.807) is 24.5 Å². The van der Waals surface area contributed by atoms with Gasteiger partial charge in [0.25, 0.3) is 5.91 Å². The molecule has 100 valence electrons. The molecular weight excluding hydrogens is 242 g/mol. The molecule has 0 bridgehead atoms. The molecule has 1 saturated heterocycles. The molecule has 19 heavy (non-hydrogen) atoms. The Bertz CT molecular complexity index is 534. The first-order valence-electron chi connectivity index (χ1n) is 6.77. The summed E-state index contributed by atoms with van der Waals surface area (Å²) in [7, 11) is 0. The van der Waals surface area contributed by atoms with E-state index in [1.165, 1.54) is 12.8 Å². The van der Waals surface area contributed by atoms with Crippen molar-refractivity contribution >= 4 is 5.91 Å². The molecule has 3 rings (SSSR count). The third-order valence-corrected chi connectivity index (χ3v) is 3.47. The topological polar surface area (TPSA) is 46.6 Å². The highest BCUT2D eigenvalue weighted by Crippen LogP contribution is 2.23. The van der Waals surface area contributed by atoms with Crippen LogP contribution in [0.3, 0.4) is 0 Å². The number of carbonyl (C=O) groups is 1. The van der Waals surface area contributed by atoms with Crippen molar-refractivity contribution in [1.29, 1.82) is 0 Å². The lowest BCUT2D eigenvalue weighted by Crippen LogP contribution is -2.31. The Morgan fingerprint density at radius 1 is 1.00 bits per heavy atom. The lowest BCUT2D eigenvalue weighted by Gasteiger charge is -2.18. The van der Waals surface area contributed by atoms with Crippen LogP contribution >= 0.6 is 0 Å². The van der Waals surface area contributed by atoms with Crippen LogP contribution in [0.25, 0.3) is 11.5 Å². The van der Waals surface area contributed by atoms with E-state index in [1.807, 2.05) is 11.0 Å². The van der Waals surface area contributed by atoms with Crippen LogP contribution < -0.4 is 0 Å². The molecular formula is C15H17NO3. The molecule has 0 unspecified atom stereocenters. The molecule has 1 amide bonds. The monoisotopic (exact) mass is 259 g/mol. The van der Waals surface area contributed by atoms with Gasteiger partial charge < -0.3 is 13.7 Å². The summed E-state index contributed by atoms with van der Waals surface area (Å²) in [6.07, 6.45) is 6.17. The maximum absolute atomic E-state index is 12.3. The van der Waals surface area contributed by atoms with Crippen LogP contribution in [0.4, 0.5) is 0 Å². The molecule has 0 spiro atoms. The van der Waals surface area contributed by atoms with Crippen molar-refractivity contribution in [3.05, 3.63) is 36.3 Å². The quantitative estimate of drug-likeness (QED) is 0.828. The second kappa shape index (κ2) is 5.34. The molecule has 0 N–H and O–H groups in total. The maximum Gasteiger partial charge on any atom is 0.289 e. The Kier molecular flexibility index (Phi) is 3.40. The fourth-order valence-corrected chi connectivity index (χ4v) is 2.43. The Labute approximate surface area is 112 Å². The highest BCUT2D eigenvalue weighted by Gasteiger charge is 2.20. The van der Waals surface area contributed by atoms with Crippen LogP contribution in [0, 0.1) is 0 Å². The van der Waals surface area contributed by atoms with Crippen molar-refractivity contribution in [2.75, 3.05) is 13.1 Å². The summed E-state index contributed by atoms with van der Waals surface area (Å²) in [4.78, 5) is 14.2. The molecule has 1 aliphatic heterocycles. The van der Waals surface area contributed by atoms with Gasteiger partial charge in [-0.05, 0) is 37.1 Å². The zero-order valence-electron chi connectivity index (χ0n) is 10.8. The van der Waals surface area contributed by atoms with Crippen LogP contribution in [0.5, 0.6) is 0 Å². The van der Waals surface area contributed by atoms with Crippen molar-refractivity contribution < 1.29 is 13.6 Å². The average Bonchev–Trinajstić information content (AvgIpc) is 3.04. The second-order valence-corrected chi connectivity index (χ2v) is 4.85. The van der Waals surface area contributed by atoms with Gasteiger partial charge in [-0.2, -0.15) is 0 Å². The van der Waals surface area contributed by atoms with E-state index in [-0.39, 0.29) is 5.91 Å². The van der Waals surface area contributed by atoms with Crippen molar-refractivity contribution in [3.63, 3.8) is 0 Å². The summed E-state index contributed by atoms with van der Waals surface area (Å²) in [6.45, 7) is 1.66. The van der Waals surface area contributed by atoms with Crippen LogP contribution in [-0.4, -0.2) is 23.9 Å². The second-order valence-electron chi connectivity index (χ2n) is 4.85. The zero-order valence-corrected chi connectivity index (χ0v) is 10.8. The number of furan rings is 2. The standard InChI is InChI=1S/C15H17NO3/c17-15(16-9-3-1-2-4-10-16)14-8-7-13(19-14)12-6-5-11-18-12/h5-8,11H,1-4,9-10H2. The van der Waals surface area contributed by atoms with E-state index in [4.69, 9.17) is 8.83 Å². The predicted molar refractivity (Wildman–Crippen MR) is 70.8 cm³/mol. The lowest BCUT2D eigenvalue weighted by atomic mass is 10.2. The largest absolute Gasteiger partial charge is 0.461 e. The number of hydrogen-bond acceptors (Lipinski definition) is 3. The van der Waals surface area contributed by atoms with E-state index < -0.39 is 0 Å². The molecule has 1 fully saturated rings. The van der Waals surface area contributed by atoms with Gasteiger partial charge in [0.15, 0.2) is 17.3 Å². The minimum atomic E-state index is -0.0142. The van der Waals surface area contributed by atoms with E-state index in [0.29, 0.717) is 17.3 Å². The average molecular weight is 259 g/mol. The summed E-state index contributed by atoms with van der Waals surface area (Å²) in [5.41, 5.74) is 0. The number of amides is 1. The van der Waals surface area contributed by atoms with E-state index >= 15 is 0 Å². The Balaban J connectivity index is 1.76. The van der Waals surface area contributed by atoms with Crippen molar-refractivity contribution in [3.8, 4) is 11.5 Å². The summed E-state index contributed by atoms with van der Waals surface area (Å²) in [6, 6.07) is 7.13. The number of rotatable bonds is 2. The third-order valence-electron chi connectivity index (χ3n) is 3.47. The smallest absolute Gasteiger partial charge is 0.289 e. The fraction of sp³-hybridized carbons (Fsp3) is 0.400. The van der Waals surface area contributed by atoms with Crippen LogP contribution in [0.2, 0.25) is 0 Å². The number of hydrogen-bond donors (Lipinski definition) is 0. The van der Waals surface area contributed by atoms with Gasteiger partial charge in [0.05, 0.1) is 6.26 Å². The highest BCUT2D eigenvalue weighted by molar-refractivity contribution is 5.92. The van der Waals surface area contributed by atoms with Gasteiger partial charge in [-0.3, -0.25) is 4.79 Å². The van der Waals surface area contributed by atoms with Crippen molar-refractivity contribution in [2.45, 2.75) is 25.7 Å². The van der Waals surface area contributed by atoms with Gasteiger partial charge >= 0.3 is 0 Å². The molecule has 1 aliphatic rings. The van der Waals surface area contributed by atoms with Crippen LogP contribution in [-0.2, 0) is 0 Å². The minimum Gasteiger partial charge on any atom is -0.461 e. The SMILES string of the molecule is O=C(c1ccc(-c2ccco2)o1)N1CCCCCC1. The van der Waals surface area contributed by atoms with Gasteiger partial charge in [0.2, 0.25) is 0 Å². The third kappa shape index (κ3) is 2.57. The summed E-state index contributed by atoms with van der Waals surface area (Å²) in [5.74, 6) is 1.63.